The zero-order chi connectivity index (χ0) is 13.1. The molecule has 2 heterocycles. The number of fused-ring (bicyclic) bond motifs is 7. The van der Waals surface area contributed by atoms with E-state index in [9.17, 15) is 0 Å². The molecule has 0 bridgehead atoms. The summed E-state index contributed by atoms with van der Waals surface area (Å²) >= 11 is 0. The van der Waals surface area contributed by atoms with Gasteiger partial charge in [-0.05, 0) is 11.6 Å². The highest BCUT2D eigenvalue weighted by Crippen LogP contribution is 2.35. The first-order valence-corrected chi connectivity index (χ1v) is 6.93. The molecule has 4 aromatic rings. The first-order chi connectivity index (χ1) is 9.92. The zero-order valence-electron chi connectivity index (χ0n) is 10.9. The minimum absolute atomic E-state index is 0.972. The molecule has 0 saturated heterocycles. The smallest absolute Gasteiger partial charge is 0.194 e. The highest BCUT2D eigenvalue weighted by Gasteiger charge is 2.23. The maximum Gasteiger partial charge on any atom is 0.194 e. The van der Waals surface area contributed by atoms with E-state index in [0.29, 0.717) is 0 Å². The van der Waals surface area contributed by atoms with Crippen LogP contribution >= 0.6 is 0 Å². The minimum Gasteiger partial charge on any atom is -0.455 e. The van der Waals surface area contributed by atoms with Crippen molar-refractivity contribution in [2.24, 2.45) is 0 Å². The van der Waals surface area contributed by atoms with Crippen LogP contribution in [0.5, 0.6) is 0 Å². The quantitative estimate of drug-likeness (QED) is 0.387. The Morgan fingerprint density at radius 2 is 1.55 bits per heavy atom. The fourth-order valence-corrected chi connectivity index (χ4v) is 3.40. The maximum atomic E-state index is 6.15. The van der Waals surface area contributed by atoms with Gasteiger partial charge in [0.2, 0.25) is 0 Å². The van der Waals surface area contributed by atoms with E-state index < -0.39 is 0 Å². The van der Waals surface area contributed by atoms with Crippen LogP contribution in [0.25, 0.3) is 33.1 Å². The molecular formula is C18H11BO. The van der Waals surface area contributed by atoms with E-state index >= 15 is 0 Å². The van der Waals surface area contributed by atoms with E-state index in [1.54, 1.807) is 0 Å². The lowest BCUT2D eigenvalue weighted by molar-refractivity contribution is 0.670. The Morgan fingerprint density at radius 3 is 2.55 bits per heavy atom. The lowest BCUT2D eigenvalue weighted by Crippen LogP contribution is -2.20. The summed E-state index contributed by atoms with van der Waals surface area (Å²) in [6, 6.07) is 21.4. The van der Waals surface area contributed by atoms with E-state index in [4.69, 9.17) is 4.42 Å². The van der Waals surface area contributed by atoms with Crippen molar-refractivity contribution < 1.29 is 4.42 Å². The van der Waals surface area contributed by atoms with Crippen LogP contribution in [0.4, 0.5) is 0 Å². The molecule has 1 nitrogen and oxygen atoms in total. The summed E-state index contributed by atoms with van der Waals surface area (Å²) < 4.78 is 6.15. The molecule has 0 atom stereocenters. The Kier molecular flexibility index (Phi) is 1.83. The first kappa shape index (κ1) is 10.3. The lowest BCUT2D eigenvalue weighted by atomic mass is 9.68. The SMILES string of the molecule is B1c2ccccc2-c2c1ccc1c2oc2ccccc21. The van der Waals surface area contributed by atoms with Gasteiger partial charge in [0.05, 0.1) is 0 Å². The average Bonchev–Trinajstić information content (AvgIpc) is 3.04. The van der Waals surface area contributed by atoms with E-state index in [1.165, 1.54) is 32.8 Å². The molecule has 3 aromatic carbocycles. The van der Waals surface area contributed by atoms with Gasteiger partial charge in [0.25, 0.3) is 0 Å². The number of furan rings is 1. The lowest BCUT2D eigenvalue weighted by Gasteiger charge is -2.02. The molecule has 1 aliphatic rings. The number of para-hydroxylation sites is 1. The maximum absolute atomic E-state index is 6.15. The van der Waals surface area contributed by atoms with Gasteiger partial charge in [0.1, 0.15) is 11.2 Å². The van der Waals surface area contributed by atoms with Gasteiger partial charge in [0.15, 0.2) is 7.28 Å². The van der Waals surface area contributed by atoms with Crippen LogP contribution in [-0.4, -0.2) is 7.28 Å². The van der Waals surface area contributed by atoms with Crippen LogP contribution in [0, 0.1) is 0 Å². The topological polar surface area (TPSA) is 13.1 Å². The fraction of sp³-hybridized carbons (Fsp3) is 0. The minimum atomic E-state index is 0.972. The number of hydrogen-bond donors (Lipinski definition) is 0. The van der Waals surface area contributed by atoms with Crippen molar-refractivity contribution in [2.75, 3.05) is 0 Å². The predicted molar refractivity (Wildman–Crippen MR) is 85.6 cm³/mol. The van der Waals surface area contributed by atoms with Crippen LogP contribution in [0.1, 0.15) is 0 Å². The monoisotopic (exact) mass is 254 g/mol. The van der Waals surface area contributed by atoms with Crippen LogP contribution in [-0.2, 0) is 0 Å². The highest BCUT2D eigenvalue weighted by molar-refractivity contribution is 6.74. The molecular weight excluding hydrogens is 243 g/mol. The molecule has 92 valence electrons. The molecule has 1 aromatic heterocycles. The summed E-state index contributed by atoms with van der Waals surface area (Å²) in [7, 11) is 1.01. The molecule has 0 amide bonds. The van der Waals surface area contributed by atoms with E-state index in [2.05, 4.69) is 48.5 Å². The molecule has 0 fully saturated rings. The summed E-state index contributed by atoms with van der Waals surface area (Å²) in [5.41, 5.74) is 7.39. The van der Waals surface area contributed by atoms with Crippen molar-refractivity contribution in [1.29, 1.82) is 0 Å². The molecule has 0 radical (unpaired) electrons. The van der Waals surface area contributed by atoms with E-state index in [1.807, 2.05) is 12.1 Å². The molecule has 0 N–H and O–H groups in total. The molecule has 5 rings (SSSR count). The summed E-state index contributed by atoms with van der Waals surface area (Å²) in [6.45, 7) is 0. The second-order valence-corrected chi connectivity index (χ2v) is 5.41. The third kappa shape index (κ3) is 1.19. The Labute approximate surface area is 117 Å². The van der Waals surface area contributed by atoms with Gasteiger partial charge in [0, 0.05) is 16.3 Å². The molecule has 2 heteroatoms. The standard InChI is InChI=1S/C18H11BO/c1-3-7-14-13(6-1)17-15(19-14)10-9-12-11-5-2-4-8-16(11)20-18(12)17/h1-10,19H. The second kappa shape index (κ2) is 3.54. The van der Waals surface area contributed by atoms with Crippen LogP contribution in [0.3, 0.4) is 0 Å². The van der Waals surface area contributed by atoms with Gasteiger partial charge >= 0.3 is 0 Å². The van der Waals surface area contributed by atoms with Gasteiger partial charge in [-0.25, -0.2) is 0 Å². The summed E-state index contributed by atoms with van der Waals surface area (Å²) in [5.74, 6) is 0. The van der Waals surface area contributed by atoms with Gasteiger partial charge < -0.3 is 4.42 Å². The number of hydrogen-bond acceptors (Lipinski definition) is 1. The third-order valence-corrected chi connectivity index (χ3v) is 4.30. The van der Waals surface area contributed by atoms with Gasteiger partial charge in [-0.2, -0.15) is 0 Å². The van der Waals surface area contributed by atoms with Gasteiger partial charge in [-0.15, -0.1) is 0 Å². The van der Waals surface area contributed by atoms with E-state index in [-0.39, 0.29) is 0 Å². The second-order valence-electron chi connectivity index (χ2n) is 5.41. The first-order valence-electron chi connectivity index (χ1n) is 6.93. The number of rotatable bonds is 0. The third-order valence-electron chi connectivity index (χ3n) is 4.30. The van der Waals surface area contributed by atoms with Crippen LogP contribution in [0.15, 0.2) is 65.1 Å². The Morgan fingerprint density at radius 1 is 0.700 bits per heavy atom. The molecule has 1 aliphatic heterocycles. The van der Waals surface area contributed by atoms with Crippen molar-refractivity contribution in [1.82, 2.24) is 0 Å². The summed E-state index contributed by atoms with van der Waals surface area (Å²) in [4.78, 5) is 0. The molecule has 0 spiro atoms. The van der Waals surface area contributed by atoms with Crippen LogP contribution < -0.4 is 10.9 Å². The molecule has 0 saturated carbocycles. The van der Waals surface area contributed by atoms with Gasteiger partial charge in [-0.1, -0.05) is 65.5 Å². The Balaban J connectivity index is 1.99. The molecule has 0 unspecified atom stereocenters. The normalized spacial score (nSPS) is 12.4. The van der Waals surface area contributed by atoms with Gasteiger partial charge in [-0.3, -0.25) is 0 Å². The average molecular weight is 254 g/mol. The van der Waals surface area contributed by atoms with Crippen molar-refractivity contribution in [3.8, 4) is 11.1 Å². The Bertz CT molecular complexity index is 981. The molecule has 0 aliphatic carbocycles. The van der Waals surface area contributed by atoms with E-state index in [0.717, 1.165) is 18.4 Å². The predicted octanol–water partition coefficient (Wildman–Crippen LogP) is 2.95. The van der Waals surface area contributed by atoms with Crippen molar-refractivity contribution >= 4 is 40.1 Å². The fourth-order valence-electron chi connectivity index (χ4n) is 3.40. The van der Waals surface area contributed by atoms with Crippen molar-refractivity contribution in [2.45, 2.75) is 0 Å². The van der Waals surface area contributed by atoms with Crippen LogP contribution in [0.2, 0.25) is 0 Å². The van der Waals surface area contributed by atoms with Crippen molar-refractivity contribution in [3.63, 3.8) is 0 Å². The number of benzene rings is 3. The summed E-state index contributed by atoms with van der Waals surface area (Å²) in [5, 5.41) is 2.42. The molecule has 20 heavy (non-hydrogen) atoms. The highest BCUT2D eigenvalue weighted by atomic mass is 16.3. The zero-order valence-corrected chi connectivity index (χ0v) is 10.9. The largest absolute Gasteiger partial charge is 0.455 e. The summed E-state index contributed by atoms with van der Waals surface area (Å²) in [6.07, 6.45) is 0. The Hall–Kier alpha value is -2.48. The van der Waals surface area contributed by atoms with Crippen molar-refractivity contribution in [3.05, 3.63) is 60.7 Å².